The van der Waals surface area contributed by atoms with Crippen molar-refractivity contribution in [1.82, 2.24) is 0 Å². The first-order chi connectivity index (χ1) is 10.3. The van der Waals surface area contributed by atoms with Crippen LogP contribution in [0.4, 0.5) is 0 Å². The molecule has 0 aromatic carbocycles. The summed E-state index contributed by atoms with van der Waals surface area (Å²) >= 11 is 0. The summed E-state index contributed by atoms with van der Waals surface area (Å²) in [5.74, 6) is -0.219. The predicted molar refractivity (Wildman–Crippen MR) is 66.4 cm³/mol. The Hall–Kier alpha value is -2.17. The predicted octanol–water partition coefficient (Wildman–Crippen LogP) is 0.131. The third kappa shape index (κ3) is 3.18. The van der Waals surface area contributed by atoms with Crippen molar-refractivity contribution in [3.05, 3.63) is 20.2 Å². The second kappa shape index (κ2) is 5.91. The van der Waals surface area contributed by atoms with Gasteiger partial charge < -0.3 is 19.1 Å². The molecule has 0 radical (unpaired) electrons. The van der Waals surface area contributed by atoms with E-state index in [1.165, 1.54) is 7.11 Å². The van der Waals surface area contributed by atoms with Gasteiger partial charge in [-0.2, -0.15) is 0 Å². The fraction of sp³-hybridized carbons (Fsp3) is 0.909. The number of methoxy groups -OCH3 is 1. The average molecular weight is 320 g/mol. The van der Waals surface area contributed by atoms with Gasteiger partial charge in [-0.15, -0.1) is 20.2 Å². The molecule has 3 saturated carbocycles. The van der Waals surface area contributed by atoms with Gasteiger partial charge in [-0.05, 0) is 24.7 Å². The Morgan fingerprint density at radius 3 is 2.32 bits per heavy atom. The average Bonchev–Trinajstić information content (AvgIpc) is 2.35. The van der Waals surface area contributed by atoms with Crippen LogP contribution in [0.1, 0.15) is 19.3 Å². The molecule has 0 saturated heterocycles. The van der Waals surface area contributed by atoms with Gasteiger partial charge in [-0.1, -0.05) is 0 Å². The van der Waals surface area contributed by atoms with E-state index in [1.54, 1.807) is 0 Å². The number of ether oxygens (including phenoxy) is 2. The molecule has 22 heavy (non-hydrogen) atoms. The third-order valence-electron chi connectivity index (χ3n) is 4.07. The molecule has 11 nitrogen and oxygen atoms in total. The second-order valence-corrected chi connectivity index (χ2v) is 5.79. The molecule has 3 aliphatic carbocycles. The van der Waals surface area contributed by atoms with Crippen LogP contribution in [0.2, 0.25) is 0 Å². The lowest BCUT2D eigenvalue weighted by molar-refractivity contribution is -0.790. The fourth-order valence-corrected chi connectivity index (χ4v) is 3.37. The molecule has 1 atom stereocenters. The summed E-state index contributed by atoms with van der Waals surface area (Å²) in [7, 11) is 1.35. The van der Waals surface area contributed by atoms with Crippen molar-refractivity contribution < 1.29 is 34.1 Å². The first-order valence-electron chi connectivity index (χ1n) is 6.56. The zero-order valence-corrected chi connectivity index (χ0v) is 11.9. The van der Waals surface area contributed by atoms with Crippen LogP contribution in [0, 0.1) is 31.1 Å². The van der Waals surface area contributed by atoms with Crippen molar-refractivity contribution in [2.75, 3.05) is 26.9 Å². The van der Waals surface area contributed by atoms with Crippen LogP contribution in [-0.4, -0.2) is 49.2 Å². The van der Waals surface area contributed by atoms with E-state index >= 15 is 0 Å². The SMILES string of the molecule is COC(=O)C12CC(COCC(CO[N+](=O)[O-])O[N+](=O)[O-])(C1)C2. The first-order valence-corrected chi connectivity index (χ1v) is 6.56. The molecule has 2 bridgehead atoms. The lowest BCUT2D eigenvalue weighted by Crippen LogP contribution is -2.67. The van der Waals surface area contributed by atoms with E-state index in [4.69, 9.17) is 9.47 Å². The van der Waals surface area contributed by atoms with Crippen LogP contribution in [0.25, 0.3) is 0 Å². The molecule has 3 fully saturated rings. The van der Waals surface area contributed by atoms with Crippen molar-refractivity contribution in [3.63, 3.8) is 0 Å². The standard InChI is InChI=1S/C11H16N2O9/c1-19-9(14)11-4-10(5-11,6-11)7-20-2-8(22-13(17)18)3-21-12(15)16/h8H,2-7H2,1H3. The molecule has 11 heteroatoms. The lowest BCUT2D eigenvalue weighted by Gasteiger charge is -2.68. The Bertz CT molecular complexity index is 460. The van der Waals surface area contributed by atoms with E-state index in [9.17, 15) is 25.0 Å². The van der Waals surface area contributed by atoms with Gasteiger partial charge in [-0.25, -0.2) is 0 Å². The Balaban J connectivity index is 1.70. The number of hydrogen-bond donors (Lipinski definition) is 0. The maximum Gasteiger partial charge on any atom is 0.311 e. The highest BCUT2D eigenvalue weighted by molar-refractivity contribution is 5.81. The molecule has 0 spiro atoms. The topological polar surface area (TPSA) is 140 Å². The van der Waals surface area contributed by atoms with Crippen LogP contribution in [0.15, 0.2) is 0 Å². The Kier molecular flexibility index (Phi) is 4.35. The summed E-state index contributed by atoms with van der Waals surface area (Å²) in [5.41, 5.74) is -0.485. The van der Waals surface area contributed by atoms with Gasteiger partial charge in [0.05, 0.1) is 25.7 Å². The van der Waals surface area contributed by atoms with Crippen LogP contribution in [0.5, 0.6) is 0 Å². The summed E-state index contributed by atoms with van der Waals surface area (Å²) in [6.45, 7) is -0.489. The van der Waals surface area contributed by atoms with Crippen molar-refractivity contribution >= 4 is 5.97 Å². The molecule has 0 heterocycles. The van der Waals surface area contributed by atoms with Crippen molar-refractivity contribution in [1.29, 1.82) is 0 Å². The normalized spacial score (nSPS) is 29.5. The van der Waals surface area contributed by atoms with Crippen LogP contribution >= 0.6 is 0 Å². The maximum atomic E-state index is 11.5. The van der Waals surface area contributed by atoms with Crippen molar-refractivity contribution in [3.8, 4) is 0 Å². The minimum absolute atomic E-state index is 0.0999. The second-order valence-electron chi connectivity index (χ2n) is 5.79. The molecule has 0 N–H and O–H groups in total. The summed E-state index contributed by atoms with van der Waals surface area (Å²) in [6, 6.07) is 0. The van der Waals surface area contributed by atoms with E-state index in [1.807, 2.05) is 0 Å². The van der Waals surface area contributed by atoms with Gasteiger partial charge in [0.1, 0.15) is 6.61 Å². The van der Waals surface area contributed by atoms with Gasteiger partial charge >= 0.3 is 5.97 Å². The van der Waals surface area contributed by atoms with Crippen molar-refractivity contribution in [2.24, 2.45) is 10.8 Å². The van der Waals surface area contributed by atoms with E-state index in [2.05, 4.69) is 9.68 Å². The van der Waals surface area contributed by atoms with Crippen LogP contribution in [-0.2, 0) is 23.9 Å². The molecule has 124 valence electrons. The van der Waals surface area contributed by atoms with Gasteiger partial charge in [-0.3, -0.25) is 4.79 Å². The van der Waals surface area contributed by atoms with E-state index in [0.29, 0.717) is 25.9 Å². The van der Waals surface area contributed by atoms with Gasteiger partial charge in [0, 0.05) is 0 Å². The van der Waals surface area contributed by atoms with Gasteiger partial charge in [0.25, 0.3) is 10.2 Å². The molecule has 0 aromatic rings. The maximum absolute atomic E-state index is 11.5. The summed E-state index contributed by atoms with van der Waals surface area (Å²) in [4.78, 5) is 40.2. The molecule has 0 amide bonds. The zero-order valence-electron chi connectivity index (χ0n) is 11.9. The Labute approximate surface area is 124 Å². The van der Waals surface area contributed by atoms with Gasteiger partial charge in [0.15, 0.2) is 6.10 Å². The number of carbonyl (C=O) groups is 1. The number of nitrogens with zero attached hydrogens (tertiary/aromatic N) is 2. The lowest BCUT2D eigenvalue weighted by atomic mass is 9.35. The van der Waals surface area contributed by atoms with E-state index in [0.717, 1.165) is 0 Å². The monoisotopic (exact) mass is 320 g/mol. The summed E-state index contributed by atoms with van der Waals surface area (Å²) < 4.78 is 10.1. The number of rotatable bonds is 10. The summed E-state index contributed by atoms with van der Waals surface area (Å²) in [5, 5.41) is 18.3. The Morgan fingerprint density at radius 1 is 1.18 bits per heavy atom. The molecule has 0 aromatic heterocycles. The molecule has 1 unspecified atom stereocenters. The van der Waals surface area contributed by atoms with Crippen LogP contribution in [0.3, 0.4) is 0 Å². The minimum Gasteiger partial charge on any atom is -0.469 e. The highest BCUT2D eigenvalue weighted by atomic mass is 17.0. The van der Waals surface area contributed by atoms with Crippen LogP contribution < -0.4 is 0 Å². The molecular weight excluding hydrogens is 304 g/mol. The summed E-state index contributed by atoms with van der Waals surface area (Å²) in [6.07, 6.45) is 0.818. The highest BCUT2D eigenvalue weighted by Crippen LogP contribution is 2.73. The minimum atomic E-state index is -1.18. The third-order valence-corrected chi connectivity index (χ3v) is 4.07. The van der Waals surface area contributed by atoms with E-state index in [-0.39, 0.29) is 23.4 Å². The fourth-order valence-electron chi connectivity index (χ4n) is 3.37. The number of esters is 1. The largest absolute Gasteiger partial charge is 0.469 e. The molecule has 3 rings (SSSR count). The smallest absolute Gasteiger partial charge is 0.311 e. The molecule has 0 aliphatic heterocycles. The molecule has 3 aliphatic rings. The van der Waals surface area contributed by atoms with Crippen molar-refractivity contribution in [2.45, 2.75) is 25.4 Å². The zero-order chi connectivity index (χ0) is 16.4. The highest BCUT2D eigenvalue weighted by Gasteiger charge is 2.72. The van der Waals surface area contributed by atoms with E-state index < -0.39 is 22.9 Å². The number of carbonyl (C=O) groups excluding carboxylic acids is 1. The number of hydrogen-bond acceptors (Lipinski definition) is 9. The first kappa shape index (κ1) is 16.2. The molecular formula is C11H16N2O9. The Morgan fingerprint density at radius 2 is 1.82 bits per heavy atom. The van der Waals surface area contributed by atoms with Gasteiger partial charge in [0.2, 0.25) is 0 Å². The quantitative estimate of drug-likeness (QED) is 0.312.